The fraction of sp³-hybridized carbons (Fsp3) is 0. The number of H-pyrrole nitrogens is 2. The molecule has 3 rings (SSSR count). The molecule has 3 heterocycles. The number of nitrogen functional groups attached to an aromatic ring is 1. The highest BCUT2D eigenvalue weighted by Crippen LogP contribution is 2.28. The van der Waals surface area contributed by atoms with Gasteiger partial charge in [0.25, 0.3) is 0 Å². The first-order valence-electron chi connectivity index (χ1n) is 4.46. The molecule has 80 valence electrons. The normalized spacial score (nSPS) is 11.0. The number of imidazole rings is 2. The van der Waals surface area contributed by atoms with Gasteiger partial charge < -0.3 is 15.7 Å². The highest BCUT2D eigenvalue weighted by atomic mass is 32.2. The molecule has 0 saturated heterocycles. The first-order chi connectivity index (χ1) is 7.83. The van der Waals surface area contributed by atoms with Crippen molar-refractivity contribution >= 4 is 28.9 Å². The van der Waals surface area contributed by atoms with Crippen LogP contribution in [0, 0.1) is 0 Å². The SMILES string of the molecule is Nc1nc(Sc2cnc[nH]2)c2[nH]cnc2n1. The van der Waals surface area contributed by atoms with E-state index >= 15 is 0 Å². The molecule has 3 aromatic heterocycles. The highest BCUT2D eigenvalue weighted by Gasteiger charge is 2.10. The van der Waals surface area contributed by atoms with E-state index in [0.717, 1.165) is 15.6 Å². The Hall–Kier alpha value is -2.09. The van der Waals surface area contributed by atoms with Crippen LogP contribution in [0.1, 0.15) is 0 Å². The summed E-state index contributed by atoms with van der Waals surface area (Å²) in [6.45, 7) is 0. The van der Waals surface area contributed by atoms with Gasteiger partial charge in [-0.1, -0.05) is 0 Å². The van der Waals surface area contributed by atoms with E-state index in [-0.39, 0.29) is 5.95 Å². The number of anilines is 1. The van der Waals surface area contributed by atoms with E-state index in [2.05, 4.69) is 29.9 Å². The van der Waals surface area contributed by atoms with E-state index in [1.54, 1.807) is 18.9 Å². The van der Waals surface area contributed by atoms with Crippen LogP contribution in [0.25, 0.3) is 11.2 Å². The summed E-state index contributed by atoms with van der Waals surface area (Å²) in [6.07, 6.45) is 4.89. The van der Waals surface area contributed by atoms with Gasteiger partial charge in [-0.25, -0.2) is 15.0 Å². The lowest BCUT2D eigenvalue weighted by atomic mass is 10.5. The number of fused-ring (bicyclic) bond motifs is 1. The molecule has 7 nitrogen and oxygen atoms in total. The summed E-state index contributed by atoms with van der Waals surface area (Å²) in [5.74, 6) is 0.210. The van der Waals surface area contributed by atoms with Gasteiger partial charge in [0, 0.05) is 0 Å². The minimum absolute atomic E-state index is 0.210. The Kier molecular flexibility index (Phi) is 2.00. The van der Waals surface area contributed by atoms with Crippen LogP contribution < -0.4 is 5.73 Å². The molecule has 0 atom stereocenters. The lowest BCUT2D eigenvalue weighted by molar-refractivity contribution is 1.09. The number of nitrogens with zero attached hydrogens (tertiary/aromatic N) is 4. The summed E-state index contributed by atoms with van der Waals surface area (Å²) in [7, 11) is 0. The van der Waals surface area contributed by atoms with E-state index in [0.29, 0.717) is 5.65 Å². The number of rotatable bonds is 2. The van der Waals surface area contributed by atoms with Crippen molar-refractivity contribution in [3.63, 3.8) is 0 Å². The van der Waals surface area contributed by atoms with Crippen LogP contribution in [0.3, 0.4) is 0 Å². The Morgan fingerprint density at radius 2 is 2.12 bits per heavy atom. The molecular formula is C8H7N7S. The number of hydrogen-bond acceptors (Lipinski definition) is 6. The zero-order chi connectivity index (χ0) is 11.0. The number of aromatic nitrogens is 6. The number of aromatic amines is 2. The first-order valence-corrected chi connectivity index (χ1v) is 5.27. The van der Waals surface area contributed by atoms with Gasteiger partial charge in [0.1, 0.15) is 10.5 Å². The molecule has 0 aliphatic carbocycles. The largest absolute Gasteiger partial charge is 0.368 e. The fourth-order valence-corrected chi connectivity index (χ4v) is 2.12. The summed E-state index contributed by atoms with van der Waals surface area (Å²) in [5.41, 5.74) is 6.93. The highest BCUT2D eigenvalue weighted by molar-refractivity contribution is 7.99. The van der Waals surface area contributed by atoms with Crippen LogP contribution in [-0.2, 0) is 0 Å². The van der Waals surface area contributed by atoms with E-state index < -0.39 is 0 Å². The molecule has 0 unspecified atom stereocenters. The van der Waals surface area contributed by atoms with Crippen molar-refractivity contribution in [1.29, 1.82) is 0 Å². The van der Waals surface area contributed by atoms with Gasteiger partial charge in [0.15, 0.2) is 5.65 Å². The smallest absolute Gasteiger partial charge is 0.223 e. The van der Waals surface area contributed by atoms with Crippen LogP contribution in [0.4, 0.5) is 5.95 Å². The quantitative estimate of drug-likeness (QED) is 0.565. The molecule has 8 heteroatoms. The summed E-state index contributed by atoms with van der Waals surface area (Å²) in [5, 5.41) is 1.61. The average Bonchev–Trinajstić information content (AvgIpc) is 2.87. The number of nitrogens with two attached hydrogens (primary N) is 1. The minimum atomic E-state index is 0.210. The second-order valence-electron chi connectivity index (χ2n) is 3.01. The Morgan fingerprint density at radius 3 is 2.94 bits per heavy atom. The second-order valence-corrected chi connectivity index (χ2v) is 4.04. The molecular weight excluding hydrogens is 226 g/mol. The molecule has 0 saturated carbocycles. The van der Waals surface area contributed by atoms with Gasteiger partial charge in [0.05, 0.1) is 23.9 Å². The maximum Gasteiger partial charge on any atom is 0.223 e. The Morgan fingerprint density at radius 1 is 1.19 bits per heavy atom. The molecule has 0 aromatic carbocycles. The molecule has 0 bridgehead atoms. The van der Waals surface area contributed by atoms with Crippen molar-refractivity contribution in [3.05, 3.63) is 18.9 Å². The molecule has 0 aliphatic rings. The molecule has 3 aromatic rings. The van der Waals surface area contributed by atoms with Crippen LogP contribution in [-0.4, -0.2) is 29.9 Å². The van der Waals surface area contributed by atoms with Crippen molar-refractivity contribution in [3.8, 4) is 0 Å². The summed E-state index contributed by atoms with van der Waals surface area (Å²) in [6, 6.07) is 0. The summed E-state index contributed by atoms with van der Waals surface area (Å²) in [4.78, 5) is 22.1. The molecule has 0 radical (unpaired) electrons. The Bertz CT molecular complexity index is 614. The van der Waals surface area contributed by atoms with Crippen LogP contribution in [0.2, 0.25) is 0 Å². The zero-order valence-corrected chi connectivity index (χ0v) is 8.82. The third-order valence-corrected chi connectivity index (χ3v) is 2.88. The molecule has 0 aliphatic heterocycles. The van der Waals surface area contributed by atoms with Crippen LogP contribution in [0.15, 0.2) is 28.9 Å². The molecule has 0 spiro atoms. The maximum atomic E-state index is 5.60. The summed E-state index contributed by atoms with van der Waals surface area (Å²) < 4.78 is 0. The van der Waals surface area contributed by atoms with Gasteiger partial charge in [-0.05, 0) is 11.8 Å². The second kappa shape index (κ2) is 3.49. The number of nitrogens with one attached hydrogen (secondary N) is 2. The lowest BCUT2D eigenvalue weighted by Crippen LogP contribution is -1.96. The van der Waals surface area contributed by atoms with E-state index in [1.165, 1.54) is 11.8 Å². The van der Waals surface area contributed by atoms with Crippen molar-refractivity contribution in [2.45, 2.75) is 10.1 Å². The van der Waals surface area contributed by atoms with Gasteiger partial charge >= 0.3 is 0 Å². The Labute approximate surface area is 93.9 Å². The minimum Gasteiger partial charge on any atom is -0.368 e. The molecule has 0 fully saturated rings. The lowest BCUT2D eigenvalue weighted by Gasteiger charge is -2.00. The molecule has 0 amide bonds. The van der Waals surface area contributed by atoms with Gasteiger partial charge in [-0.15, -0.1) is 0 Å². The fourth-order valence-electron chi connectivity index (χ4n) is 1.30. The monoisotopic (exact) mass is 233 g/mol. The Balaban J connectivity index is 2.11. The maximum absolute atomic E-state index is 5.60. The first kappa shape index (κ1) is 9.16. The van der Waals surface area contributed by atoms with Crippen molar-refractivity contribution in [2.75, 3.05) is 5.73 Å². The third-order valence-electron chi connectivity index (χ3n) is 1.95. The van der Waals surface area contributed by atoms with Crippen molar-refractivity contribution in [2.24, 2.45) is 0 Å². The molecule has 16 heavy (non-hydrogen) atoms. The predicted molar refractivity (Wildman–Crippen MR) is 58.8 cm³/mol. The van der Waals surface area contributed by atoms with E-state index in [1.807, 2.05) is 0 Å². The van der Waals surface area contributed by atoms with Crippen LogP contribution >= 0.6 is 11.8 Å². The van der Waals surface area contributed by atoms with Crippen LogP contribution in [0.5, 0.6) is 0 Å². The predicted octanol–water partition coefficient (Wildman–Crippen LogP) is 0.809. The van der Waals surface area contributed by atoms with Gasteiger partial charge in [0.2, 0.25) is 5.95 Å². The zero-order valence-electron chi connectivity index (χ0n) is 8.01. The third kappa shape index (κ3) is 1.48. The summed E-state index contributed by atoms with van der Waals surface area (Å²) >= 11 is 1.42. The van der Waals surface area contributed by atoms with Crippen molar-refractivity contribution < 1.29 is 0 Å². The van der Waals surface area contributed by atoms with E-state index in [9.17, 15) is 0 Å². The van der Waals surface area contributed by atoms with E-state index in [4.69, 9.17) is 5.73 Å². The average molecular weight is 233 g/mol. The number of hydrogen-bond donors (Lipinski definition) is 3. The standard InChI is InChI=1S/C8H7N7S/c9-8-14-6-5(12-3-13-6)7(15-8)16-4-1-10-2-11-4/h1-3H,(H,10,11)(H3,9,12,13,14,15). The molecule has 4 N–H and O–H groups in total. The van der Waals surface area contributed by atoms with Crippen molar-refractivity contribution in [1.82, 2.24) is 29.9 Å². The van der Waals surface area contributed by atoms with Gasteiger partial charge in [-0.2, -0.15) is 4.98 Å². The van der Waals surface area contributed by atoms with Gasteiger partial charge in [-0.3, -0.25) is 0 Å². The topological polar surface area (TPSA) is 109 Å².